The third kappa shape index (κ3) is 3.89. The Morgan fingerprint density at radius 1 is 1.03 bits per heavy atom. The fourth-order valence-electron chi connectivity index (χ4n) is 4.55. The van der Waals surface area contributed by atoms with Gasteiger partial charge in [-0.05, 0) is 48.9 Å². The zero-order chi connectivity index (χ0) is 23.9. The van der Waals surface area contributed by atoms with Crippen LogP contribution in [0.3, 0.4) is 0 Å². The van der Waals surface area contributed by atoms with E-state index in [0.29, 0.717) is 29.6 Å². The first kappa shape index (κ1) is 22.3. The smallest absolute Gasteiger partial charge is 0.359 e. The van der Waals surface area contributed by atoms with Crippen LogP contribution in [0.4, 0.5) is 0 Å². The lowest BCUT2D eigenvalue weighted by molar-refractivity contribution is 0.0521. The molecular weight excluding hydrogens is 450 g/mol. The van der Waals surface area contributed by atoms with Gasteiger partial charge in [-0.25, -0.2) is 17.9 Å². The molecule has 0 fully saturated rings. The number of ether oxygens (including phenoxy) is 1. The van der Waals surface area contributed by atoms with Crippen LogP contribution in [-0.4, -0.2) is 42.7 Å². The normalized spacial score (nSPS) is 13.8. The van der Waals surface area contributed by atoms with Gasteiger partial charge in [-0.1, -0.05) is 48.5 Å². The lowest BCUT2D eigenvalue weighted by atomic mass is 10.0. The van der Waals surface area contributed by atoms with E-state index in [1.165, 1.54) is 0 Å². The first-order valence-corrected chi connectivity index (χ1v) is 12.8. The van der Waals surface area contributed by atoms with Crippen LogP contribution in [0.5, 0.6) is 0 Å². The van der Waals surface area contributed by atoms with Gasteiger partial charge in [0, 0.05) is 13.1 Å². The maximum Gasteiger partial charge on any atom is 0.359 e. The second kappa shape index (κ2) is 8.70. The first-order chi connectivity index (χ1) is 16.4. The number of para-hydroxylation sites is 1. The summed E-state index contributed by atoms with van der Waals surface area (Å²) in [5.74, 6) is -0.805. The molecule has 0 bridgehead atoms. The van der Waals surface area contributed by atoms with E-state index in [-0.39, 0.29) is 22.9 Å². The molecule has 1 aromatic heterocycles. The molecule has 3 aromatic carbocycles. The highest BCUT2D eigenvalue weighted by Gasteiger charge is 2.33. The van der Waals surface area contributed by atoms with E-state index in [2.05, 4.69) is 10.00 Å². The topological polar surface area (TPSA) is 81.5 Å². The van der Waals surface area contributed by atoms with Crippen molar-refractivity contribution < 1.29 is 17.9 Å². The molecule has 5 rings (SSSR count). The van der Waals surface area contributed by atoms with Crippen molar-refractivity contribution in [1.82, 2.24) is 14.7 Å². The van der Waals surface area contributed by atoms with Crippen LogP contribution in [0.25, 0.3) is 16.6 Å². The summed E-state index contributed by atoms with van der Waals surface area (Å²) in [5.41, 5.74) is 3.99. The molecule has 0 spiro atoms. The van der Waals surface area contributed by atoms with Crippen molar-refractivity contribution in [2.75, 3.05) is 13.7 Å². The van der Waals surface area contributed by atoms with Crippen molar-refractivity contribution >= 4 is 26.7 Å². The summed E-state index contributed by atoms with van der Waals surface area (Å²) in [6.07, 6.45) is 0. The summed E-state index contributed by atoms with van der Waals surface area (Å²) in [4.78, 5) is 15.2. The molecule has 0 N–H and O–H groups in total. The number of fused-ring (bicyclic) bond motifs is 3. The first-order valence-electron chi connectivity index (χ1n) is 11.1. The van der Waals surface area contributed by atoms with Gasteiger partial charge in [0.25, 0.3) is 0 Å². The average Bonchev–Trinajstić information content (AvgIpc) is 3.40. The maximum absolute atomic E-state index is 13.8. The highest BCUT2D eigenvalue weighted by Crippen LogP contribution is 2.38. The monoisotopic (exact) mass is 475 g/mol. The summed E-state index contributed by atoms with van der Waals surface area (Å²) in [6.45, 7) is 3.13. The molecular formula is C26H25N3O4S. The minimum atomic E-state index is -3.80. The molecule has 0 aliphatic carbocycles. The van der Waals surface area contributed by atoms with E-state index in [1.54, 1.807) is 29.8 Å². The third-order valence-electron chi connectivity index (χ3n) is 5.98. The van der Waals surface area contributed by atoms with Crippen LogP contribution in [0.2, 0.25) is 0 Å². The van der Waals surface area contributed by atoms with Crippen molar-refractivity contribution in [3.05, 3.63) is 89.1 Å². The molecule has 4 aromatic rings. The van der Waals surface area contributed by atoms with Crippen molar-refractivity contribution in [3.8, 4) is 5.69 Å². The minimum absolute atomic E-state index is 0.0182. The molecule has 0 radical (unpaired) electrons. The molecule has 0 amide bonds. The highest BCUT2D eigenvalue weighted by molar-refractivity contribution is 7.90. The summed E-state index contributed by atoms with van der Waals surface area (Å²) < 4.78 is 34.5. The Morgan fingerprint density at radius 3 is 2.38 bits per heavy atom. The number of carbonyl (C=O) groups excluding carboxylic acids is 1. The predicted octanol–water partition coefficient (Wildman–Crippen LogP) is 4.12. The maximum atomic E-state index is 13.8. The van der Waals surface area contributed by atoms with Crippen molar-refractivity contribution in [2.45, 2.75) is 30.7 Å². The SMILES string of the molecule is CCOC(=O)c1nn(-c2ccccc2)c2c3c(cc(S(=O)(=O)Cc4ccccc4)c12)CN(C)C3. The van der Waals surface area contributed by atoms with Gasteiger partial charge in [0.05, 0.1) is 33.8 Å². The van der Waals surface area contributed by atoms with E-state index in [1.807, 2.05) is 55.6 Å². The summed E-state index contributed by atoms with van der Waals surface area (Å²) in [7, 11) is -1.81. The number of nitrogens with zero attached hydrogens (tertiary/aromatic N) is 3. The number of hydrogen-bond donors (Lipinski definition) is 0. The highest BCUT2D eigenvalue weighted by atomic mass is 32.2. The molecule has 2 heterocycles. The van der Waals surface area contributed by atoms with Crippen molar-refractivity contribution in [3.63, 3.8) is 0 Å². The Kier molecular flexibility index (Phi) is 5.71. The van der Waals surface area contributed by atoms with Gasteiger partial charge in [-0.15, -0.1) is 0 Å². The van der Waals surface area contributed by atoms with Gasteiger partial charge < -0.3 is 4.74 Å². The number of sulfone groups is 1. The molecule has 34 heavy (non-hydrogen) atoms. The Hall–Kier alpha value is -3.49. The van der Waals surface area contributed by atoms with Crippen molar-refractivity contribution in [1.29, 1.82) is 0 Å². The summed E-state index contributed by atoms with van der Waals surface area (Å²) in [5, 5.41) is 4.95. The molecule has 0 saturated carbocycles. The van der Waals surface area contributed by atoms with Crippen LogP contribution >= 0.6 is 0 Å². The zero-order valence-corrected chi connectivity index (χ0v) is 19.9. The van der Waals surface area contributed by atoms with Gasteiger partial charge in [0.1, 0.15) is 0 Å². The Labute approximate surface area is 198 Å². The van der Waals surface area contributed by atoms with E-state index in [4.69, 9.17) is 4.74 Å². The van der Waals surface area contributed by atoms with Crippen molar-refractivity contribution in [2.24, 2.45) is 0 Å². The third-order valence-corrected chi connectivity index (χ3v) is 7.69. The minimum Gasteiger partial charge on any atom is -0.461 e. The molecule has 1 aliphatic rings. The molecule has 174 valence electrons. The predicted molar refractivity (Wildman–Crippen MR) is 130 cm³/mol. The van der Waals surface area contributed by atoms with Crippen LogP contribution in [-0.2, 0) is 33.4 Å². The van der Waals surface area contributed by atoms with E-state index >= 15 is 0 Å². The van der Waals surface area contributed by atoms with E-state index in [0.717, 1.165) is 16.8 Å². The number of rotatable bonds is 6. The van der Waals surface area contributed by atoms with Gasteiger partial charge in [-0.2, -0.15) is 5.10 Å². The lowest BCUT2D eigenvalue weighted by Gasteiger charge is -2.12. The van der Waals surface area contributed by atoms with Gasteiger partial charge in [0.15, 0.2) is 15.5 Å². The van der Waals surface area contributed by atoms with Crippen LogP contribution in [0, 0.1) is 0 Å². The summed E-state index contributed by atoms with van der Waals surface area (Å²) in [6, 6.07) is 20.2. The van der Waals surface area contributed by atoms with Crippen LogP contribution < -0.4 is 0 Å². The summed E-state index contributed by atoms with van der Waals surface area (Å²) >= 11 is 0. The standard InChI is InChI=1S/C26H25N3O4S/c1-3-33-26(30)24-23-22(34(31,32)17-18-10-6-4-7-11-18)14-19-15-28(2)16-21(19)25(23)29(27-24)20-12-8-5-9-13-20/h4-14H,3,15-17H2,1-2H3. The quantitative estimate of drug-likeness (QED) is 0.390. The second-order valence-electron chi connectivity index (χ2n) is 8.47. The van der Waals surface area contributed by atoms with E-state index in [9.17, 15) is 13.2 Å². The van der Waals surface area contributed by atoms with Crippen LogP contribution in [0.1, 0.15) is 34.1 Å². The largest absolute Gasteiger partial charge is 0.461 e. The number of esters is 1. The molecule has 7 nitrogen and oxygen atoms in total. The number of benzene rings is 3. The molecule has 1 aliphatic heterocycles. The molecule has 8 heteroatoms. The number of carbonyl (C=O) groups is 1. The van der Waals surface area contributed by atoms with Gasteiger partial charge in [-0.3, -0.25) is 4.90 Å². The molecule has 0 atom stereocenters. The second-order valence-corrected chi connectivity index (χ2v) is 10.4. The Morgan fingerprint density at radius 2 is 1.71 bits per heavy atom. The fraction of sp³-hybridized carbons (Fsp3) is 0.231. The average molecular weight is 476 g/mol. The molecule has 0 saturated heterocycles. The lowest BCUT2D eigenvalue weighted by Crippen LogP contribution is -2.10. The van der Waals surface area contributed by atoms with Gasteiger partial charge >= 0.3 is 5.97 Å². The molecule has 0 unspecified atom stereocenters. The van der Waals surface area contributed by atoms with E-state index < -0.39 is 15.8 Å². The zero-order valence-electron chi connectivity index (χ0n) is 19.1. The Bertz CT molecular complexity index is 1480. The van der Waals surface area contributed by atoms with Gasteiger partial charge in [0.2, 0.25) is 0 Å². The number of hydrogen-bond acceptors (Lipinski definition) is 6. The van der Waals surface area contributed by atoms with Crippen LogP contribution in [0.15, 0.2) is 71.6 Å². The Balaban J connectivity index is 1.84. The number of aromatic nitrogens is 2. The fourth-order valence-corrected chi connectivity index (χ4v) is 6.16.